The Balaban J connectivity index is 1.58. The zero-order chi connectivity index (χ0) is 17.2. The maximum Gasteiger partial charge on any atom is 0.266 e. The summed E-state index contributed by atoms with van der Waals surface area (Å²) in [5.74, 6) is 0.0555. The predicted octanol–water partition coefficient (Wildman–Crippen LogP) is 3.34. The van der Waals surface area contributed by atoms with Gasteiger partial charge in [-0.25, -0.2) is 4.68 Å². The van der Waals surface area contributed by atoms with Crippen LogP contribution >= 0.6 is 22.7 Å². The minimum absolute atomic E-state index is 0.0124. The number of hydrogen-bond acceptors (Lipinski definition) is 5. The third-order valence-electron chi connectivity index (χ3n) is 4.39. The van der Waals surface area contributed by atoms with Gasteiger partial charge in [0.1, 0.15) is 5.69 Å². The quantitative estimate of drug-likeness (QED) is 0.707. The fourth-order valence-corrected chi connectivity index (χ4v) is 4.54. The highest BCUT2D eigenvalue weighted by atomic mass is 32.1. The Bertz CT molecular complexity index is 916. The van der Waals surface area contributed by atoms with Crippen molar-refractivity contribution in [3.63, 3.8) is 0 Å². The topological polar surface area (TPSA) is 55.2 Å². The van der Waals surface area contributed by atoms with E-state index in [0.717, 1.165) is 34.8 Å². The van der Waals surface area contributed by atoms with Crippen LogP contribution in [0, 0.1) is 0 Å². The molecule has 0 radical (unpaired) electrons. The fraction of sp³-hybridized carbons (Fsp3) is 0.278. The molecule has 1 fully saturated rings. The van der Waals surface area contributed by atoms with Crippen LogP contribution in [0.2, 0.25) is 0 Å². The molecule has 1 saturated heterocycles. The molecule has 4 heterocycles. The van der Waals surface area contributed by atoms with Crippen LogP contribution in [-0.2, 0) is 6.54 Å². The second kappa shape index (κ2) is 6.93. The Morgan fingerprint density at radius 3 is 2.76 bits per heavy atom. The molecule has 128 valence electrons. The first-order chi connectivity index (χ1) is 12.2. The number of thiophene rings is 2. The van der Waals surface area contributed by atoms with Crippen molar-refractivity contribution in [3.05, 3.63) is 62.4 Å². The molecule has 0 unspecified atom stereocenters. The molecular formula is C18H17N3O2S2. The summed E-state index contributed by atoms with van der Waals surface area (Å²) in [4.78, 5) is 28.6. The van der Waals surface area contributed by atoms with Crippen LogP contribution in [0.1, 0.15) is 22.5 Å². The number of carbonyl (C=O) groups is 1. The smallest absolute Gasteiger partial charge is 0.266 e. The van der Waals surface area contributed by atoms with Crippen LogP contribution in [0.4, 0.5) is 0 Å². The fourth-order valence-electron chi connectivity index (χ4n) is 3.17. The third kappa shape index (κ3) is 3.29. The lowest BCUT2D eigenvalue weighted by atomic mass is 10.2. The Labute approximate surface area is 153 Å². The summed E-state index contributed by atoms with van der Waals surface area (Å²) < 4.78 is 1.50. The number of amides is 1. The van der Waals surface area contributed by atoms with Gasteiger partial charge in [0.25, 0.3) is 11.5 Å². The molecule has 5 nitrogen and oxygen atoms in total. The molecule has 1 amide bonds. The van der Waals surface area contributed by atoms with E-state index >= 15 is 0 Å². The highest BCUT2D eigenvalue weighted by Gasteiger charge is 2.30. The van der Waals surface area contributed by atoms with Gasteiger partial charge in [0.15, 0.2) is 0 Å². The predicted molar refractivity (Wildman–Crippen MR) is 100 cm³/mol. The Kier molecular flexibility index (Phi) is 4.50. The van der Waals surface area contributed by atoms with Crippen molar-refractivity contribution in [3.8, 4) is 10.6 Å². The van der Waals surface area contributed by atoms with E-state index in [4.69, 9.17) is 0 Å². The van der Waals surface area contributed by atoms with Crippen molar-refractivity contribution in [1.29, 1.82) is 0 Å². The summed E-state index contributed by atoms with van der Waals surface area (Å²) >= 11 is 3.05. The minimum Gasteiger partial charge on any atom is -0.333 e. The molecule has 4 rings (SSSR count). The maximum atomic E-state index is 12.7. The van der Waals surface area contributed by atoms with Gasteiger partial charge in [-0.3, -0.25) is 9.59 Å². The Morgan fingerprint density at radius 1 is 1.16 bits per heavy atom. The Hall–Kier alpha value is -2.25. The summed E-state index contributed by atoms with van der Waals surface area (Å²) in [6.07, 6.45) is 1.86. The van der Waals surface area contributed by atoms with Crippen LogP contribution in [0.5, 0.6) is 0 Å². The van der Waals surface area contributed by atoms with E-state index in [0.29, 0.717) is 6.54 Å². The van der Waals surface area contributed by atoms with Gasteiger partial charge < -0.3 is 4.90 Å². The zero-order valence-corrected chi connectivity index (χ0v) is 15.1. The van der Waals surface area contributed by atoms with Crippen molar-refractivity contribution >= 4 is 28.6 Å². The van der Waals surface area contributed by atoms with E-state index in [-0.39, 0.29) is 17.5 Å². The number of likely N-dealkylation sites (tertiary alicyclic amines) is 1. The molecule has 1 atom stereocenters. The van der Waals surface area contributed by atoms with Crippen LogP contribution in [0.3, 0.4) is 0 Å². The highest BCUT2D eigenvalue weighted by molar-refractivity contribution is 7.13. The molecule has 0 N–H and O–H groups in total. The van der Waals surface area contributed by atoms with Crippen molar-refractivity contribution < 1.29 is 4.79 Å². The largest absolute Gasteiger partial charge is 0.333 e. The van der Waals surface area contributed by atoms with E-state index in [2.05, 4.69) is 5.10 Å². The molecule has 25 heavy (non-hydrogen) atoms. The summed E-state index contributed by atoms with van der Waals surface area (Å²) in [6.45, 7) is 1.18. The first-order valence-corrected chi connectivity index (χ1v) is 9.95. The zero-order valence-electron chi connectivity index (χ0n) is 13.5. The molecule has 0 bridgehead atoms. The van der Waals surface area contributed by atoms with E-state index in [1.165, 1.54) is 16.0 Å². The molecule has 3 aromatic rings. The average molecular weight is 371 g/mol. The Morgan fingerprint density at radius 2 is 2.00 bits per heavy atom. The number of nitrogens with zero attached hydrogens (tertiary/aromatic N) is 3. The average Bonchev–Trinajstić information content (AvgIpc) is 3.38. The van der Waals surface area contributed by atoms with Crippen LogP contribution in [0.25, 0.3) is 10.6 Å². The van der Waals surface area contributed by atoms with Crippen LogP contribution < -0.4 is 5.56 Å². The summed E-state index contributed by atoms with van der Waals surface area (Å²) in [7, 11) is 0. The van der Waals surface area contributed by atoms with Gasteiger partial charge in [0.05, 0.1) is 22.3 Å². The van der Waals surface area contributed by atoms with E-state index < -0.39 is 0 Å². The molecule has 1 aliphatic heterocycles. The van der Waals surface area contributed by atoms with E-state index in [9.17, 15) is 9.59 Å². The second-order valence-electron chi connectivity index (χ2n) is 5.99. The SMILES string of the molecule is O=C(c1cccs1)N1CCC[C@H]1Cn1nc(-c2cccs2)ccc1=O. The van der Waals surface area contributed by atoms with Crippen LogP contribution in [-0.4, -0.2) is 33.2 Å². The third-order valence-corrected chi connectivity index (χ3v) is 6.14. The molecule has 0 saturated carbocycles. The lowest BCUT2D eigenvalue weighted by Gasteiger charge is -2.24. The molecule has 7 heteroatoms. The molecular weight excluding hydrogens is 354 g/mol. The molecule has 0 aliphatic carbocycles. The van der Waals surface area contributed by atoms with E-state index in [1.54, 1.807) is 23.5 Å². The van der Waals surface area contributed by atoms with Gasteiger partial charge in [-0.15, -0.1) is 22.7 Å². The van der Waals surface area contributed by atoms with Gasteiger partial charge in [-0.1, -0.05) is 12.1 Å². The summed E-state index contributed by atoms with van der Waals surface area (Å²) in [6, 6.07) is 11.0. The first kappa shape index (κ1) is 16.2. The first-order valence-electron chi connectivity index (χ1n) is 8.19. The van der Waals surface area contributed by atoms with Gasteiger partial charge in [-0.05, 0) is 41.8 Å². The van der Waals surface area contributed by atoms with Crippen molar-refractivity contribution in [2.75, 3.05) is 6.54 Å². The molecule has 0 spiro atoms. The number of carbonyl (C=O) groups excluding carboxylic acids is 1. The molecule has 0 aromatic carbocycles. The van der Waals surface area contributed by atoms with E-state index in [1.807, 2.05) is 39.9 Å². The number of aromatic nitrogens is 2. The minimum atomic E-state index is -0.129. The normalized spacial score (nSPS) is 17.1. The lowest BCUT2D eigenvalue weighted by molar-refractivity contribution is 0.0725. The lowest BCUT2D eigenvalue weighted by Crippen LogP contribution is -2.40. The van der Waals surface area contributed by atoms with Crippen LogP contribution in [0.15, 0.2) is 52.0 Å². The summed E-state index contributed by atoms with van der Waals surface area (Å²) in [5.41, 5.74) is 0.666. The molecule has 1 aliphatic rings. The van der Waals surface area contributed by atoms with Crippen molar-refractivity contribution in [1.82, 2.24) is 14.7 Å². The van der Waals surface area contributed by atoms with Crippen molar-refractivity contribution in [2.45, 2.75) is 25.4 Å². The monoisotopic (exact) mass is 371 g/mol. The van der Waals surface area contributed by atoms with Gasteiger partial charge in [0.2, 0.25) is 0 Å². The van der Waals surface area contributed by atoms with Crippen molar-refractivity contribution in [2.24, 2.45) is 0 Å². The van der Waals surface area contributed by atoms with Gasteiger partial charge >= 0.3 is 0 Å². The number of rotatable bonds is 4. The maximum absolute atomic E-state index is 12.7. The highest BCUT2D eigenvalue weighted by Crippen LogP contribution is 2.24. The second-order valence-corrected chi connectivity index (χ2v) is 7.88. The standard InChI is InChI=1S/C18H17N3O2S2/c22-17-8-7-14(15-5-2-10-24-15)19-21(17)12-13-4-1-9-20(13)18(23)16-6-3-11-25-16/h2-3,5-8,10-11,13H,1,4,9,12H2/t13-/m0/s1. The summed E-state index contributed by atoms with van der Waals surface area (Å²) in [5, 5.41) is 8.42. The molecule has 3 aromatic heterocycles. The van der Waals surface area contributed by atoms with Gasteiger partial charge in [0, 0.05) is 12.6 Å². The van der Waals surface area contributed by atoms with Gasteiger partial charge in [-0.2, -0.15) is 5.10 Å². The number of hydrogen-bond donors (Lipinski definition) is 0.